The van der Waals surface area contributed by atoms with E-state index in [4.69, 9.17) is 5.73 Å². The van der Waals surface area contributed by atoms with Gasteiger partial charge in [-0.3, -0.25) is 14.4 Å². The molecule has 3 unspecified atom stereocenters. The van der Waals surface area contributed by atoms with Crippen LogP contribution >= 0.6 is 60.2 Å². The van der Waals surface area contributed by atoms with Crippen LogP contribution in [0.5, 0.6) is 0 Å². The van der Waals surface area contributed by atoms with Crippen LogP contribution in [-0.2, 0) is 57.8 Å². The number of carbonyl (C=O) groups is 5. The second kappa shape index (κ2) is 47.1. The van der Waals surface area contributed by atoms with Gasteiger partial charge >= 0.3 is 12.1 Å². The van der Waals surface area contributed by atoms with Gasteiger partial charge in [-0.25, -0.2) is 45.4 Å². The van der Waals surface area contributed by atoms with E-state index in [1.165, 1.54) is 46.2 Å². The first kappa shape index (κ1) is 106. The number of isocyanates is 1. The molecule has 3 aliphatic carbocycles. The highest BCUT2D eigenvalue weighted by atomic mass is 79.9. The largest absolute Gasteiger partial charge is 0.392 e. The average Bonchev–Trinajstić information content (AvgIpc) is 1.17. The zero-order valence-corrected chi connectivity index (χ0v) is 83.0. The molecule has 35 heteroatoms. The number of β-amino-alcohol motifs (C(OH)–C–C–N with tert-alkyl or cyclic N) is 3. The van der Waals surface area contributed by atoms with Crippen molar-refractivity contribution in [3.63, 3.8) is 0 Å². The van der Waals surface area contributed by atoms with E-state index < -0.39 is 132 Å². The summed E-state index contributed by atoms with van der Waals surface area (Å²) in [6.07, 6.45) is 10.3. The fourth-order valence-corrected chi connectivity index (χ4v) is 18.9. The molecule has 15 rings (SSSR count). The number of aliphatic hydroxyl groups excluding tert-OH is 3. The van der Waals surface area contributed by atoms with Gasteiger partial charge in [0.2, 0.25) is 23.8 Å². The average molecular weight is 2110 g/mol. The Morgan fingerprint density at radius 2 is 0.801 bits per heavy atom. The van der Waals surface area contributed by atoms with Crippen LogP contribution in [0.1, 0.15) is 188 Å². The van der Waals surface area contributed by atoms with E-state index >= 15 is 8.78 Å². The Labute approximate surface area is 826 Å². The van der Waals surface area contributed by atoms with Crippen LogP contribution in [0.2, 0.25) is 0 Å². The van der Waals surface area contributed by atoms with Crippen molar-refractivity contribution in [1.29, 1.82) is 15.8 Å². The molecule has 716 valence electrons. The molecule has 11 atom stereocenters. The van der Waals surface area contributed by atoms with Gasteiger partial charge in [0.05, 0.1) is 130 Å². The molecule has 9 aromatic carbocycles. The quantitative estimate of drug-likeness (QED) is 0.0160. The number of nitriles is 3. The Bertz CT molecular complexity index is 6030. The third-order valence-electron chi connectivity index (χ3n) is 24.5. The van der Waals surface area contributed by atoms with Crippen molar-refractivity contribution in [1.82, 2.24) is 24.6 Å². The summed E-state index contributed by atoms with van der Waals surface area (Å²) < 4.78 is 81.0. The predicted octanol–water partition coefficient (Wildman–Crippen LogP) is 18.7. The van der Waals surface area contributed by atoms with E-state index in [0.717, 1.165) is 82.3 Å². The lowest BCUT2D eigenvalue weighted by Gasteiger charge is -2.38. The molecule has 136 heavy (non-hydrogen) atoms. The number of amides is 7. The van der Waals surface area contributed by atoms with Crippen molar-refractivity contribution in [3.05, 3.63) is 281 Å². The molecule has 9 aromatic rings. The van der Waals surface area contributed by atoms with Gasteiger partial charge in [0.1, 0.15) is 29.5 Å². The van der Waals surface area contributed by atoms with Gasteiger partial charge in [0, 0.05) is 57.3 Å². The lowest BCUT2D eigenvalue weighted by molar-refractivity contribution is -0.120. The highest BCUT2D eigenvalue weighted by Gasteiger charge is 2.46. The highest BCUT2D eigenvalue weighted by molar-refractivity contribution is 9.11. The van der Waals surface area contributed by atoms with E-state index in [2.05, 4.69) is 112 Å². The van der Waals surface area contributed by atoms with Crippen LogP contribution in [0.3, 0.4) is 0 Å². The lowest BCUT2D eigenvalue weighted by atomic mass is 9.79. The molecule has 6 aliphatic rings. The van der Waals surface area contributed by atoms with E-state index in [0.29, 0.717) is 99.6 Å². The minimum atomic E-state index is -1.56. The fourth-order valence-electron chi connectivity index (χ4n) is 16.2. The van der Waals surface area contributed by atoms with Crippen molar-refractivity contribution in [2.75, 3.05) is 46.2 Å². The van der Waals surface area contributed by atoms with E-state index in [9.17, 15) is 72.7 Å². The first-order chi connectivity index (χ1) is 64.3. The number of benzene rings is 9. The lowest BCUT2D eigenvalue weighted by Crippen LogP contribution is -2.49. The number of aliphatic imine (C=N–C) groups is 1. The van der Waals surface area contributed by atoms with Crippen LogP contribution in [0.15, 0.2) is 219 Å². The molecule has 3 heterocycles. The van der Waals surface area contributed by atoms with Crippen LogP contribution in [-0.4, -0.2) is 135 Å². The molecule has 26 nitrogen and oxygen atoms in total. The van der Waals surface area contributed by atoms with Crippen LogP contribution in [0.4, 0.5) is 56.9 Å². The number of hydrogen-bond donors (Lipinski definition) is 12. The number of nitrogens with zero attached hydrogens (tertiary/aromatic N) is 6. The first-order valence-corrected chi connectivity index (χ1v) is 49.3. The zero-order chi connectivity index (χ0) is 97.3. The number of hydrogen-bond acceptors (Lipinski definition) is 17. The normalized spacial score (nSPS) is 19.4. The van der Waals surface area contributed by atoms with Crippen molar-refractivity contribution in [2.45, 2.75) is 200 Å². The Morgan fingerprint density at radius 3 is 1.16 bits per heavy atom. The fraction of sp³-hybridized carbons (Fsp3) is 0.376. The molecule has 0 spiro atoms. The van der Waals surface area contributed by atoms with Gasteiger partial charge in [-0.05, 0) is 283 Å². The molecular formula is C101H110Br3ClF3N15O11S2. The molecule has 0 radical (unpaired) electrons. The minimum absolute atomic E-state index is 0. The van der Waals surface area contributed by atoms with Crippen molar-refractivity contribution in [2.24, 2.45) is 28.5 Å². The van der Waals surface area contributed by atoms with Crippen LogP contribution in [0.25, 0.3) is 0 Å². The van der Waals surface area contributed by atoms with Crippen LogP contribution in [0, 0.1) is 69.2 Å². The number of aliphatic hydroxyl groups is 3. The molecule has 6 fully saturated rings. The first-order valence-electron chi connectivity index (χ1n) is 44.6. The number of urea groups is 2. The van der Waals surface area contributed by atoms with Gasteiger partial charge in [-0.2, -0.15) is 20.8 Å². The third kappa shape index (κ3) is 28.3. The summed E-state index contributed by atoms with van der Waals surface area (Å²) in [6.45, 7) is 11.4. The van der Waals surface area contributed by atoms with Crippen molar-refractivity contribution in [3.8, 4) is 18.2 Å². The van der Waals surface area contributed by atoms with Gasteiger partial charge in [0.25, 0.3) is 0 Å². The number of rotatable bonds is 28. The second-order valence-electron chi connectivity index (χ2n) is 36.8. The second-order valence-corrected chi connectivity index (χ2v) is 43.5. The zero-order valence-electron chi connectivity index (χ0n) is 75.8. The van der Waals surface area contributed by atoms with Gasteiger partial charge < -0.3 is 62.8 Å². The maximum Gasteiger partial charge on any atom is 0.322 e. The Kier molecular flexibility index (Phi) is 36.6. The van der Waals surface area contributed by atoms with E-state index in [1.54, 1.807) is 140 Å². The van der Waals surface area contributed by atoms with E-state index in [1.807, 2.05) is 71.9 Å². The molecule has 3 saturated carbocycles. The number of carbonyl (C=O) groups excluding carboxylic acids is 6. The Hall–Kier alpha value is -10.7. The van der Waals surface area contributed by atoms with Gasteiger partial charge in [-0.15, -0.1) is 12.4 Å². The molecule has 0 aromatic heterocycles. The van der Waals surface area contributed by atoms with Crippen molar-refractivity contribution >= 4 is 152 Å². The number of anilines is 5. The standard InChI is InChI=1S/C35H39BrFN5O4S.C31H31BrFN5O3.C28H35FN4O3S.C7H4BrNO.ClH/c1-34(2,3)47(46)41-35(16-15-22-7-8-22,24-6-4-5-23(17-24)20-38)25-9-14-29(37)30(18-25)40-32(44)31-19-28(43)21-42(31)33(45)39-27-12-10-26(36)11-13-27;32-23-7-9-24(10-8-23)36-30(41)38-18-25(39)16-28(38)29(40)37-27-15-22(6-11-26(27)33)31(35,13-12-19-4-5-19)21-3-1-2-20(14-21)17-34;1-27(2,3)37(36)33-28(12-11-18-7-8-18,20-6-4-5-19(13-20)16-30)21-9-10-23(29)24(14-21)32-26(35)25-15-22(34)17-31-25;8-6-1-3-7(4-2-6)9-5-10;/h4-6,9-14,17-18,22,28,31,41,43H,7-8,15-16,19,21H2,1-3H3,(H,39,45)(H,40,44);1-3,6-11,14-15,19,25,28,39H,4-5,12-13,16,18,35H2,(H,36,41)(H,37,40);4-6,9-10,13-14,18,22,25,31,33-34H,7-8,11-12,15,17H2,1-3H3,(H,32,35);1-4H;1H/t28-,31-,35?,47-;25-,28-,31?;22-,25-,28?,37-;;/m111../s1. The third-order valence-corrected chi connectivity index (χ3v) is 29.4. The smallest absolute Gasteiger partial charge is 0.322 e. The van der Waals surface area contributed by atoms with Crippen LogP contribution < -0.4 is 47.1 Å². The summed E-state index contributed by atoms with van der Waals surface area (Å²) in [5.74, 6) is -1.93. The highest BCUT2D eigenvalue weighted by Crippen LogP contribution is 2.47. The number of likely N-dealkylation sites (tertiary alicyclic amines) is 2. The van der Waals surface area contributed by atoms with E-state index in [-0.39, 0.29) is 61.8 Å². The molecule has 7 amide bonds. The maximum atomic E-state index is 15.5. The summed E-state index contributed by atoms with van der Waals surface area (Å²) >= 11 is 9.96. The molecular weight excluding hydrogens is 2000 g/mol. The summed E-state index contributed by atoms with van der Waals surface area (Å²) in [5.41, 5.74) is 10.8. The summed E-state index contributed by atoms with van der Waals surface area (Å²) in [4.78, 5) is 81.7. The number of nitrogens with one attached hydrogen (secondary N) is 8. The number of nitrogens with two attached hydrogens (primary N) is 1. The summed E-state index contributed by atoms with van der Waals surface area (Å²) in [6, 6.07) is 58.4. The Morgan fingerprint density at radius 1 is 0.463 bits per heavy atom. The molecule has 3 saturated heterocycles. The maximum absolute atomic E-state index is 15.5. The minimum Gasteiger partial charge on any atom is -0.392 e. The summed E-state index contributed by atoms with van der Waals surface area (Å²) in [5, 5.41) is 75.6. The van der Waals surface area contributed by atoms with Gasteiger partial charge in [-0.1, -0.05) is 141 Å². The summed E-state index contributed by atoms with van der Waals surface area (Å²) in [7, 11) is -3.05. The predicted molar refractivity (Wildman–Crippen MR) is 533 cm³/mol. The van der Waals surface area contributed by atoms with Gasteiger partial charge in [0.15, 0.2) is 0 Å². The Balaban J connectivity index is 0.000000186. The molecule has 13 N–H and O–H groups in total. The topological polar surface area (TPSA) is 410 Å². The molecule has 3 aliphatic heterocycles. The SMILES string of the molecule is CC(C)(C)[S@@](=O)NC(CCC1CC1)(c1cccc(C#N)c1)c1ccc(F)c(NC(=O)[C@H]2C[C@@H](O)CN2)c1.CC(C)(C)[S@@](=O)NC(CCC1CC1)(c1cccc(C#N)c1)c1ccc(F)c(NC(=O)[C@H]2C[C@@H](O)CN2C(=O)Nc2ccc(Br)cc2)c1.Cl.N#Cc1cccc(C(N)(CCC2CC2)c2ccc(F)c(NC(=O)[C@H]3C[C@@H](O)CN3C(=O)Nc3ccc(Br)cc3)c2)c1.O=C=Nc1ccc(Br)cc1. The monoisotopic (exact) mass is 2100 g/mol. The number of halogens is 7. The van der Waals surface area contributed by atoms with Crippen molar-refractivity contribution < 1.29 is 65.7 Å². The molecule has 0 bridgehead atoms.